The Balaban J connectivity index is 3.59. The van der Waals surface area contributed by atoms with Crippen LogP contribution in [-0.4, -0.2) is 52.4 Å². The van der Waals surface area contributed by atoms with Gasteiger partial charge < -0.3 is 19.4 Å². The summed E-state index contributed by atoms with van der Waals surface area (Å²) in [5.41, 5.74) is 0. The monoisotopic (exact) mass is 488 g/mol. The zero-order chi connectivity index (χ0) is 25.1. The molecule has 0 aromatic rings. The second-order valence-electron chi connectivity index (χ2n) is 10.7. The minimum Gasteiger partial charge on any atom is -0.373 e. The first kappa shape index (κ1) is 32.5. The van der Waals surface area contributed by atoms with E-state index < -0.39 is 12.9 Å². The zero-order valence-corrected chi connectivity index (χ0v) is 23.1. The van der Waals surface area contributed by atoms with Crippen molar-refractivity contribution in [2.75, 3.05) is 27.7 Å². The summed E-state index contributed by atoms with van der Waals surface area (Å²) in [6.45, 7) is 2.24. The van der Waals surface area contributed by atoms with Gasteiger partial charge in [-0.15, -0.1) is 0 Å². The Hall–Kier alpha value is -0.450. The van der Waals surface area contributed by atoms with Crippen LogP contribution in [0.25, 0.3) is 0 Å². The third-order valence-electron chi connectivity index (χ3n) is 6.03. The van der Waals surface area contributed by atoms with Crippen LogP contribution in [0.4, 0.5) is 0 Å². The van der Waals surface area contributed by atoms with Gasteiger partial charge in [-0.1, -0.05) is 82.6 Å². The van der Waals surface area contributed by atoms with E-state index in [1.165, 1.54) is 70.6 Å². The Labute approximate surface area is 205 Å². The number of likely N-dealkylation sites (N-methyl/N-ethyl adjacent to an activating group) is 1. The number of rotatable bonds is 22. The molecule has 33 heavy (non-hydrogen) atoms. The lowest BCUT2D eigenvalue weighted by molar-refractivity contribution is -0.875. The highest BCUT2D eigenvalue weighted by molar-refractivity contribution is 7.53. The molecule has 0 spiro atoms. The SMILES string of the molecule is CC/C=C\CCCCCC/C=C\CCCCCCCCCCC(O)(C[N+](C)(C)C)P(=O)(O)O. The first-order valence-corrected chi connectivity index (χ1v) is 15.0. The summed E-state index contributed by atoms with van der Waals surface area (Å²) in [5, 5.41) is 8.64. The molecule has 5 nitrogen and oxygen atoms in total. The summed E-state index contributed by atoms with van der Waals surface area (Å²) in [4.78, 5) is 19.2. The van der Waals surface area contributed by atoms with E-state index in [0.717, 1.165) is 25.7 Å². The predicted octanol–water partition coefficient (Wildman–Crippen LogP) is 7.32. The highest BCUT2D eigenvalue weighted by Crippen LogP contribution is 2.52. The van der Waals surface area contributed by atoms with Crippen molar-refractivity contribution in [3.05, 3.63) is 24.3 Å². The molecule has 0 aliphatic heterocycles. The molecule has 0 aromatic carbocycles. The van der Waals surface area contributed by atoms with Crippen molar-refractivity contribution in [3.8, 4) is 0 Å². The molecule has 6 heteroatoms. The first-order chi connectivity index (χ1) is 15.5. The van der Waals surface area contributed by atoms with E-state index in [2.05, 4.69) is 31.2 Å². The van der Waals surface area contributed by atoms with Gasteiger partial charge in [0.15, 0.2) is 0 Å². The van der Waals surface area contributed by atoms with Crippen molar-refractivity contribution in [2.24, 2.45) is 0 Å². The summed E-state index contributed by atoms with van der Waals surface area (Å²) in [5.74, 6) is 0. The summed E-state index contributed by atoms with van der Waals surface area (Å²) in [6, 6.07) is 0. The fourth-order valence-electron chi connectivity index (χ4n) is 4.21. The number of nitrogens with zero attached hydrogens (tertiary/aromatic N) is 1. The quantitative estimate of drug-likeness (QED) is 0.0645. The minimum atomic E-state index is -4.55. The third-order valence-corrected chi connectivity index (χ3v) is 7.48. The van der Waals surface area contributed by atoms with Crippen molar-refractivity contribution in [3.63, 3.8) is 0 Å². The van der Waals surface area contributed by atoms with Gasteiger partial charge in [-0.2, -0.15) is 0 Å². The molecule has 0 saturated carbocycles. The maximum atomic E-state index is 11.8. The lowest BCUT2D eigenvalue weighted by Crippen LogP contribution is -2.49. The fourth-order valence-corrected chi connectivity index (χ4v) is 5.26. The van der Waals surface area contributed by atoms with Crippen LogP contribution >= 0.6 is 7.60 Å². The second kappa shape index (κ2) is 18.8. The average Bonchev–Trinajstić information content (AvgIpc) is 2.70. The largest absolute Gasteiger partial charge is 0.373 e. The molecule has 1 unspecified atom stereocenters. The van der Waals surface area contributed by atoms with Gasteiger partial charge in [0.2, 0.25) is 5.34 Å². The van der Waals surface area contributed by atoms with Crippen molar-refractivity contribution >= 4 is 7.60 Å². The van der Waals surface area contributed by atoms with Crippen LogP contribution in [0, 0.1) is 0 Å². The number of allylic oxidation sites excluding steroid dienone is 4. The molecule has 3 N–H and O–H groups in total. The van der Waals surface area contributed by atoms with Gasteiger partial charge in [-0.25, -0.2) is 0 Å². The van der Waals surface area contributed by atoms with E-state index >= 15 is 0 Å². The standard InChI is InChI=1S/C27H54NO4P/c1-5-6-7-8-9-10-11-12-13-14-15-16-17-18-19-20-21-22-23-24-25-27(29,33(30,31)32)26-28(2,3)4/h6-7,14-15,29H,5,8-13,16-26H2,1-4H3,(H-,30,31,32)/p+1/b7-6-,15-14-. The van der Waals surface area contributed by atoms with Crippen LogP contribution in [0.2, 0.25) is 0 Å². The van der Waals surface area contributed by atoms with Gasteiger partial charge in [0, 0.05) is 0 Å². The molecule has 0 saturated heterocycles. The summed E-state index contributed by atoms with van der Waals surface area (Å²) < 4.78 is 12.1. The number of hydrogen-bond acceptors (Lipinski definition) is 2. The molecular formula is C27H55NO4P+. The van der Waals surface area contributed by atoms with Gasteiger partial charge in [-0.05, 0) is 57.8 Å². The van der Waals surface area contributed by atoms with Gasteiger partial charge >= 0.3 is 7.60 Å². The van der Waals surface area contributed by atoms with E-state index in [-0.39, 0.29) is 13.0 Å². The molecule has 196 valence electrons. The molecule has 0 aromatic heterocycles. The number of unbranched alkanes of at least 4 members (excludes halogenated alkanes) is 13. The van der Waals surface area contributed by atoms with Crippen LogP contribution < -0.4 is 0 Å². The molecule has 0 aliphatic rings. The summed E-state index contributed by atoms with van der Waals surface area (Å²) >= 11 is 0. The summed E-state index contributed by atoms with van der Waals surface area (Å²) in [6.07, 6.45) is 28.4. The lowest BCUT2D eigenvalue weighted by atomic mass is 10.0. The Kier molecular flexibility index (Phi) is 18.6. The minimum absolute atomic E-state index is 0.0582. The molecular weight excluding hydrogens is 433 g/mol. The maximum absolute atomic E-state index is 11.8. The fraction of sp³-hybridized carbons (Fsp3) is 0.852. The molecule has 0 bridgehead atoms. The van der Waals surface area contributed by atoms with Crippen LogP contribution in [-0.2, 0) is 4.57 Å². The smallest absolute Gasteiger partial charge is 0.362 e. The van der Waals surface area contributed by atoms with E-state index in [1.807, 2.05) is 21.1 Å². The molecule has 0 amide bonds. The third kappa shape index (κ3) is 19.5. The number of quaternary nitrogens is 1. The second-order valence-corrected chi connectivity index (χ2v) is 12.6. The molecule has 0 rings (SSSR count). The van der Waals surface area contributed by atoms with Crippen molar-refractivity contribution < 1.29 is 23.9 Å². The first-order valence-electron chi connectivity index (χ1n) is 13.4. The Bertz CT molecular complexity index is 565. The van der Waals surface area contributed by atoms with Gasteiger partial charge in [0.05, 0.1) is 21.1 Å². The lowest BCUT2D eigenvalue weighted by Gasteiger charge is -2.35. The van der Waals surface area contributed by atoms with Crippen LogP contribution in [0.1, 0.15) is 116 Å². The van der Waals surface area contributed by atoms with Crippen LogP contribution in [0.15, 0.2) is 24.3 Å². The number of hydrogen-bond donors (Lipinski definition) is 3. The van der Waals surface area contributed by atoms with Gasteiger partial charge in [0.25, 0.3) is 0 Å². The van der Waals surface area contributed by atoms with Gasteiger partial charge in [0.1, 0.15) is 6.54 Å². The summed E-state index contributed by atoms with van der Waals surface area (Å²) in [7, 11) is 0.971. The van der Waals surface area contributed by atoms with Crippen LogP contribution in [0.3, 0.4) is 0 Å². The highest BCUT2D eigenvalue weighted by Gasteiger charge is 2.48. The van der Waals surface area contributed by atoms with Gasteiger partial charge in [-0.3, -0.25) is 4.57 Å². The van der Waals surface area contributed by atoms with E-state index in [4.69, 9.17) is 0 Å². The Morgan fingerprint density at radius 3 is 1.39 bits per heavy atom. The van der Waals surface area contributed by atoms with Crippen molar-refractivity contribution in [2.45, 2.75) is 121 Å². The predicted molar refractivity (Wildman–Crippen MR) is 142 cm³/mol. The van der Waals surface area contributed by atoms with E-state index in [9.17, 15) is 19.5 Å². The van der Waals surface area contributed by atoms with Crippen LogP contribution in [0.5, 0.6) is 0 Å². The van der Waals surface area contributed by atoms with Crippen molar-refractivity contribution in [1.29, 1.82) is 0 Å². The van der Waals surface area contributed by atoms with Crippen molar-refractivity contribution in [1.82, 2.24) is 0 Å². The average molecular weight is 489 g/mol. The molecule has 0 fully saturated rings. The number of aliphatic hydroxyl groups is 1. The molecule has 1 atom stereocenters. The maximum Gasteiger partial charge on any atom is 0.362 e. The Morgan fingerprint density at radius 2 is 1.03 bits per heavy atom. The highest BCUT2D eigenvalue weighted by atomic mass is 31.2. The normalized spacial score (nSPS) is 15.0. The zero-order valence-electron chi connectivity index (χ0n) is 22.2. The van der Waals surface area contributed by atoms with E-state index in [0.29, 0.717) is 10.9 Å². The Morgan fingerprint density at radius 1 is 0.667 bits per heavy atom. The van der Waals surface area contributed by atoms with E-state index in [1.54, 1.807) is 0 Å². The molecule has 0 heterocycles. The molecule has 0 aliphatic carbocycles. The molecule has 0 radical (unpaired) electrons. The topological polar surface area (TPSA) is 77.8 Å².